The summed E-state index contributed by atoms with van der Waals surface area (Å²) in [4.78, 5) is 9.92. The number of pyridine rings is 1. The molecule has 5 nitrogen and oxygen atoms in total. The molecule has 0 aliphatic carbocycles. The largest absolute Gasteiger partial charge is 0.265 e. The minimum Gasteiger partial charge on any atom is -0.265 e. The van der Waals surface area contributed by atoms with E-state index in [0.29, 0.717) is 6.42 Å². The van der Waals surface area contributed by atoms with E-state index >= 15 is 0 Å². The van der Waals surface area contributed by atoms with Crippen molar-refractivity contribution in [1.29, 1.82) is 0 Å². The van der Waals surface area contributed by atoms with Gasteiger partial charge in [-0.1, -0.05) is 6.07 Å². The maximum absolute atomic E-state index is 10.2. The quantitative estimate of drug-likeness (QED) is 0.540. The van der Waals surface area contributed by atoms with Crippen LogP contribution >= 0.6 is 0 Å². The van der Waals surface area contributed by atoms with Crippen LogP contribution in [0.3, 0.4) is 0 Å². The molecule has 0 spiro atoms. The fraction of sp³-hybridized carbons (Fsp3) is 0.222. The maximum atomic E-state index is 10.2. The minimum absolute atomic E-state index is 0.0369. The van der Waals surface area contributed by atoms with Crippen LogP contribution in [-0.2, 0) is 6.42 Å². The highest BCUT2D eigenvalue weighted by Gasteiger charge is 2.04. The molecule has 0 bridgehead atoms. The second-order valence-electron chi connectivity index (χ2n) is 3.00. The van der Waals surface area contributed by atoms with Gasteiger partial charge in [-0.15, -0.1) is 0 Å². The Bertz CT molecular complexity index is 464. The highest BCUT2D eigenvalue weighted by atomic mass is 16.6. The molecular weight excluding hydrogens is 182 g/mol. The number of hydrogen-bond donors (Lipinski definition) is 0. The molecule has 14 heavy (non-hydrogen) atoms. The molecule has 0 aliphatic heterocycles. The first kappa shape index (κ1) is 8.68. The van der Waals surface area contributed by atoms with Gasteiger partial charge >= 0.3 is 0 Å². The molecule has 2 heterocycles. The molecule has 0 atom stereocenters. The van der Waals surface area contributed by atoms with Crippen molar-refractivity contribution in [3.8, 4) is 0 Å². The summed E-state index contributed by atoms with van der Waals surface area (Å²) in [7, 11) is 0. The summed E-state index contributed by atoms with van der Waals surface area (Å²) < 4.78 is 1.72. The van der Waals surface area contributed by atoms with E-state index in [1.807, 2.05) is 24.4 Å². The van der Waals surface area contributed by atoms with Crippen molar-refractivity contribution < 1.29 is 4.92 Å². The lowest BCUT2D eigenvalue weighted by Gasteiger charge is -1.99. The van der Waals surface area contributed by atoms with Crippen LogP contribution in [-0.4, -0.2) is 21.1 Å². The third kappa shape index (κ3) is 1.56. The van der Waals surface area contributed by atoms with E-state index < -0.39 is 0 Å². The van der Waals surface area contributed by atoms with Crippen LogP contribution in [0.5, 0.6) is 0 Å². The minimum atomic E-state index is -0.306. The van der Waals surface area contributed by atoms with Crippen LogP contribution < -0.4 is 0 Å². The molecule has 0 unspecified atom stereocenters. The van der Waals surface area contributed by atoms with E-state index in [0.717, 1.165) is 11.1 Å². The van der Waals surface area contributed by atoms with Gasteiger partial charge in [-0.3, -0.25) is 10.1 Å². The monoisotopic (exact) mass is 191 g/mol. The second-order valence-corrected chi connectivity index (χ2v) is 3.00. The number of nitro groups is 1. The summed E-state index contributed by atoms with van der Waals surface area (Å²) >= 11 is 0. The number of fused-ring (bicyclic) bond motifs is 1. The molecule has 0 fully saturated rings. The number of hydrogen-bond acceptors (Lipinski definition) is 3. The first-order chi connectivity index (χ1) is 6.77. The average Bonchev–Trinajstić information content (AvgIpc) is 2.62. The Kier molecular flexibility index (Phi) is 2.14. The summed E-state index contributed by atoms with van der Waals surface area (Å²) in [5.74, 6) is 0. The van der Waals surface area contributed by atoms with E-state index in [2.05, 4.69) is 5.10 Å². The predicted octanol–water partition coefficient (Wildman–Crippen LogP) is 1.15. The Morgan fingerprint density at radius 3 is 3.14 bits per heavy atom. The van der Waals surface area contributed by atoms with Crippen LogP contribution in [0.2, 0.25) is 0 Å². The highest BCUT2D eigenvalue weighted by Crippen LogP contribution is 2.10. The van der Waals surface area contributed by atoms with E-state index in [9.17, 15) is 10.1 Å². The second kappa shape index (κ2) is 3.45. The Labute approximate surface area is 80.1 Å². The molecular formula is C9H9N3O2. The van der Waals surface area contributed by atoms with Gasteiger partial charge in [0.05, 0.1) is 5.52 Å². The first-order valence-corrected chi connectivity index (χ1v) is 4.30. The third-order valence-corrected chi connectivity index (χ3v) is 2.09. The Hall–Kier alpha value is -1.91. The van der Waals surface area contributed by atoms with Crippen LogP contribution in [0, 0.1) is 10.1 Å². The summed E-state index contributed by atoms with van der Waals surface area (Å²) in [6, 6.07) is 5.59. The maximum Gasteiger partial charge on any atom is 0.207 e. The fourth-order valence-electron chi connectivity index (χ4n) is 1.44. The third-order valence-electron chi connectivity index (χ3n) is 2.09. The highest BCUT2D eigenvalue weighted by molar-refractivity contribution is 5.53. The van der Waals surface area contributed by atoms with Gasteiger partial charge in [0.1, 0.15) is 0 Å². The van der Waals surface area contributed by atoms with E-state index in [-0.39, 0.29) is 11.5 Å². The molecule has 0 amide bonds. The van der Waals surface area contributed by atoms with Crippen LogP contribution in [0.4, 0.5) is 0 Å². The van der Waals surface area contributed by atoms with E-state index in [4.69, 9.17) is 0 Å². The van der Waals surface area contributed by atoms with Crippen molar-refractivity contribution >= 4 is 5.52 Å². The molecule has 0 N–H and O–H groups in total. The summed E-state index contributed by atoms with van der Waals surface area (Å²) in [6.07, 6.45) is 3.96. The van der Waals surface area contributed by atoms with Crippen molar-refractivity contribution in [2.75, 3.05) is 6.54 Å². The normalized spacial score (nSPS) is 10.6. The lowest BCUT2D eigenvalue weighted by Crippen LogP contribution is -2.05. The summed E-state index contributed by atoms with van der Waals surface area (Å²) in [5, 5.41) is 14.3. The first-order valence-electron chi connectivity index (χ1n) is 4.30. The van der Waals surface area contributed by atoms with Crippen molar-refractivity contribution in [3.63, 3.8) is 0 Å². The van der Waals surface area contributed by atoms with Gasteiger partial charge < -0.3 is 0 Å². The zero-order valence-electron chi connectivity index (χ0n) is 7.46. The van der Waals surface area contributed by atoms with Gasteiger partial charge in [-0.05, 0) is 17.7 Å². The number of aromatic nitrogens is 2. The molecule has 5 heteroatoms. The molecule has 0 saturated heterocycles. The SMILES string of the molecule is O=[N+]([O-])CCc1cccn2nccc12. The molecule has 2 aromatic rings. The molecule has 72 valence electrons. The lowest BCUT2D eigenvalue weighted by atomic mass is 10.1. The molecule has 0 saturated carbocycles. The van der Waals surface area contributed by atoms with Gasteiger partial charge in [0.15, 0.2) is 0 Å². The molecule has 0 aromatic carbocycles. The van der Waals surface area contributed by atoms with Gasteiger partial charge in [0, 0.05) is 23.7 Å². The van der Waals surface area contributed by atoms with Crippen molar-refractivity contribution in [2.45, 2.75) is 6.42 Å². The predicted molar refractivity (Wildman–Crippen MR) is 50.8 cm³/mol. The van der Waals surface area contributed by atoms with E-state index in [1.165, 1.54) is 0 Å². The van der Waals surface area contributed by atoms with Crippen LogP contribution in [0.25, 0.3) is 5.52 Å². The van der Waals surface area contributed by atoms with Gasteiger partial charge in [0.25, 0.3) is 0 Å². The zero-order valence-corrected chi connectivity index (χ0v) is 7.46. The topological polar surface area (TPSA) is 60.4 Å². The van der Waals surface area contributed by atoms with Gasteiger partial charge in [0.2, 0.25) is 6.54 Å². The van der Waals surface area contributed by atoms with Crippen LogP contribution in [0.15, 0.2) is 30.6 Å². The van der Waals surface area contributed by atoms with Crippen molar-refractivity contribution in [3.05, 3.63) is 46.3 Å². The average molecular weight is 191 g/mol. The molecule has 2 rings (SSSR count). The van der Waals surface area contributed by atoms with E-state index in [1.54, 1.807) is 10.7 Å². The van der Waals surface area contributed by atoms with Gasteiger partial charge in [-0.2, -0.15) is 5.10 Å². The van der Waals surface area contributed by atoms with Crippen molar-refractivity contribution in [1.82, 2.24) is 9.61 Å². The summed E-state index contributed by atoms with van der Waals surface area (Å²) in [6.45, 7) is -0.0369. The Balaban J connectivity index is 2.32. The zero-order chi connectivity index (χ0) is 9.97. The number of rotatable bonds is 3. The molecule has 0 aliphatic rings. The lowest BCUT2D eigenvalue weighted by molar-refractivity contribution is -0.479. The summed E-state index contributed by atoms with van der Waals surface area (Å²) in [5.41, 5.74) is 1.90. The Morgan fingerprint density at radius 2 is 2.36 bits per heavy atom. The van der Waals surface area contributed by atoms with Gasteiger partial charge in [-0.25, -0.2) is 4.52 Å². The molecule has 0 radical (unpaired) electrons. The standard InChI is InChI=1S/C9H9N3O2/c13-12(14)7-4-8-2-1-6-11-9(8)3-5-10-11/h1-3,5-6H,4,7H2. The fourth-order valence-corrected chi connectivity index (χ4v) is 1.44. The smallest absolute Gasteiger partial charge is 0.207 e. The van der Waals surface area contributed by atoms with Crippen molar-refractivity contribution in [2.24, 2.45) is 0 Å². The molecule has 2 aromatic heterocycles. The Morgan fingerprint density at radius 1 is 1.50 bits per heavy atom. The van der Waals surface area contributed by atoms with Crippen LogP contribution in [0.1, 0.15) is 5.56 Å². The number of nitrogens with zero attached hydrogens (tertiary/aromatic N) is 3.